The van der Waals surface area contributed by atoms with E-state index in [1.165, 1.54) is 18.1 Å². The number of nitrogens with one attached hydrogen (secondary N) is 2. The minimum atomic E-state index is 0.0235. The van der Waals surface area contributed by atoms with Gasteiger partial charge in [-0.25, -0.2) is 0 Å². The molecule has 0 unspecified atom stereocenters. The maximum absolute atomic E-state index is 10.7. The molecule has 1 heterocycles. The highest BCUT2D eigenvalue weighted by Crippen LogP contribution is 2.25. The van der Waals surface area contributed by atoms with Gasteiger partial charge in [-0.15, -0.1) is 0 Å². The zero-order chi connectivity index (χ0) is 12.8. The highest BCUT2D eigenvalue weighted by molar-refractivity contribution is 5.72. The minimum Gasteiger partial charge on any atom is -0.493 e. The molecule has 4 heteroatoms. The van der Waals surface area contributed by atoms with Gasteiger partial charge in [-0.3, -0.25) is 4.79 Å². The molecule has 0 fully saturated rings. The average Bonchev–Trinajstić information content (AvgIpc) is 2.80. The van der Waals surface area contributed by atoms with Gasteiger partial charge in [0.2, 0.25) is 5.91 Å². The van der Waals surface area contributed by atoms with Crippen LogP contribution in [0, 0.1) is 0 Å². The van der Waals surface area contributed by atoms with Crippen molar-refractivity contribution in [3.05, 3.63) is 29.3 Å². The summed E-state index contributed by atoms with van der Waals surface area (Å²) in [4.78, 5) is 10.7. The van der Waals surface area contributed by atoms with E-state index in [1.54, 1.807) is 0 Å². The van der Waals surface area contributed by atoms with Gasteiger partial charge >= 0.3 is 0 Å². The van der Waals surface area contributed by atoms with Crippen molar-refractivity contribution >= 4 is 5.91 Å². The zero-order valence-corrected chi connectivity index (χ0v) is 10.8. The molecular formula is C14H20N2O2. The Morgan fingerprint density at radius 2 is 2.22 bits per heavy atom. The Morgan fingerprint density at radius 1 is 1.33 bits per heavy atom. The number of fused-ring (bicyclic) bond motifs is 1. The Morgan fingerprint density at radius 3 is 3.06 bits per heavy atom. The lowest BCUT2D eigenvalue weighted by molar-refractivity contribution is -0.118. The number of carbonyl (C=O) groups excluding carboxylic acids is 1. The van der Waals surface area contributed by atoms with Gasteiger partial charge < -0.3 is 15.4 Å². The first kappa shape index (κ1) is 12.9. The molecular weight excluding hydrogens is 228 g/mol. The van der Waals surface area contributed by atoms with Crippen LogP contribution < -0.4 is 15.4 Å². The van der Waals surface area contributed by atoms with Crippen molar-refractivity contribution in [2.24, 2.45) is 0 Å². The van der Waals surface area contributed by atoms with Gasteiger partial charge in [0.25, 0.3) is 0 Å². The van der Waals surface area contributed by atoms with Crippen molar-refractivity contribution in [2.45, 2.75) is 19.8 Å². The van der Waals surface area contributed by atoms with E-state index in [0.29, 0.717) is 6.54 Å². The predicted molar refractivity (Wildman–Crippen MR) is 70.9 cm³/mol. The lowest BCUT2D eigenvalue weighted by Crippen LogP contribution is -2.31. The fourth-order valence-electron chi connectivity index (χ4n) is 2.08. The lowest BCUT2D eigenvalue weighted by atomic mass is 10.1. The summed E-state index contributed by atoms with van der Waals surface area (Å²) in [6.07, 6.45) is 2.03. The summed E-state index contributed by atoms with van der Waals surface area (Å²) >= 11 is 0. The monoisotopic (exact) mass is 248 g/mol. The molecule has 1 aromatic carbocycles. The van der Waals surface area contributed by atoms with Crippen LogP contribution in [0.2, 0.25) is 0 Å². The second kappa shape index (κ2) is 6.40. The van der Waals surface area contributed by atoms with Crippen molar-refractivity contribution in [3.8, 4) is 5.75 Å². The van der Waals surface area contributed by atoms with Crippen molar-refractivity contribution < 1.29 is 9.53 Å². The van der Waals surface area contributed by atoms with E-state index in [2.05, 4.69) is 28.8 Å². The molecule has 1 amide bonds. The topological polar surface area (TPSA) is 50.4 Å². The van der Waals surface area contributed by atoms with Crippen LogP contribution in [-0.2, 0) is 17.6 Å². The number of hydrogen-bond acceptors (Lipinski definition) is 3. The molecule has 0 spiro atoms. The van der Waals surface area contributed by atoms with Crippen molar-refractivity contribution in [3.63, 3.8) is 0 Å². The average molecular weight is 248 g/mol. The molecule has 0 aliphatic carbocycles. The van der Waals surface area contributed by atoms with Crippen LogP contribution >= 0.6 is 0 Å². The normalized spacial score (nSPS) is 12.9. The first-order chi connectivity index (χ1) is 8.75. The highest BCUT2D eigenvalue weighted by Gasteiger charge is 2.11. The molecule has 0 saturated carbocycles. The second-order valence-electron chi connectivity index (χ2n) is 4.52. The van der Waals surface area contributed by atoms with Gasteiger partial charge in [-0.05, 0) is 30.2 Å². The van der Waals surface area contributed by atoms with E-state index >= 15 is 0 Å². The van der Waals surface area contributed by atoms with E-state index in [9.17, 15) is 4.79 Å². The smallest absolute Gasteiger partial charge is 0.216 e. The summed E-state index contributed by atoms with van der Waals surface area (Å²) in [7, 11) is 0. The second-order valence-corrected chi connectivity index (χ2v) is 4.52. The van der Waals surface area contributed by atoms with Crippen LogP contribution in [-0.4, -0.2) is 32.1 Å². The molecule has 1 aliphatic heterocycles. The highest BCUT2D eigenvalue weighted by atomic mass is 16.5. The summed E-state index contributed by atoms with van der Waals surface area (Å²) < 4.78 is 5.48. The third-order valence-corrected chi connectivity index (χ3v) is 3.02. The summed E-state index contributed by atoms with van der Waals surface area (Å²) in [6, 6.07) is 6.42. The van der Waals surface area contributed by atoms with Gasteiger partial charge in [0.1, 0.15) is 5.75 Å². The quantitative estimate of drug-likeness (QED) is 0.735. The van der Waals surface area contributed by atoms with Crippen LogP contribution in [0.15, 0.2) is 18.2 Å². The van der Waals surface area contributed by atoms with Crippen LogP contribution in [0.3, 0.4) is 0 Å². The third kappa shape index (κ3) is 3.74. The van der Waals surface area contributed by atoms with E-state index < -0.39 is 0 Å². The Labute approximate surface area is 108 Å². The molecule has 0 bridgehead atoms. The van der Waals surface area contributed by atoms with E-state index in [0.717, 1.165) is 38.3 Å². The number of carbonyl (C=O) groups is 1. The SMILES string of the molecule is CC(=O)NCCNCCc1ccc2c(c1)CCO2. The van der Waals surface area contributed by atoms with Crippen LogP contribution in [0.5, 0.6) is 5.75 Å². The summed E-state index contributed by atoms with van der Waals surface area (Å²) in [5.41, 5.74) is 2.66. The molecule has 0 atom stereocenters. The Hall–Kier alpha value is -1.55. The van der Waals surface area contributed by atoms with Gasteiger partial charge in [-0.2, -0.15) is 0 Å². The number of benzene rings is 1. The Balaban J connectivity index is 1.66. The number of ether oxygens (including phenoxy) is 1. The summed E-state index contributed by atoms with van der Waals surface area (Å²) in [6.45, 7) is 4.78. The van der Waals surface area contributed by atoms with Crippen LogP contribution in [0.4, 0.5) is 0 Å². The van der Waals surface area contributed by atoms with Crippen LogP contribution in [0.25, 0.3) is 0 Å². The van der Waals surface area contributed by atoms with Crippen molar-refractivity contribution in [1.29, 1.82) is 0 Å². The van der Waals surface area contributed by atoms with Gasteiger partial charge in [0, 0.05) is 26.4 Å². The summed E-state index contributed by atoms with van der Waals surface area (Å²) in [5.74, 6) is 1.06. The van der Waals surface area contributed by atoms with E-state index in [1.807, 2.05) is 0 Å². The zero-order valence-electron chi connectivity index (χ0n) is 10.8. The van der Waals surface area contributed by atoms with Crippen LogP contribution in [0.1, 0.15) is 18.1 Å². The van der Waals surface area contributed by atoms with E-state index in [-0.39, 0.29) is 5.91 Å². The molecule has 1 aliphatic rings. The Bertz CT molecular complexity index is 418. The molecule has 2 N–H and O–H groups in total. The fourth-order valence-corrected chi connectivity index (χ4v) is 2.08. The third-order valence-electron chi connectivity index (χ3n) is 3.02. The molecule has 2 rings (SSSR count). The minimum absolute atomic E-state index is 0.0235. The van der Waals surface area contributed by atoms with Gasteiger partial charge in [0.15, 0.2) is 0 Å². The first-order valence-corrected chi connectivity index (χ1v) is 6.45. The Kier molecular flexibility index (Phi) is 4.59. The fraction of sp³-hybridized carbons (Fsp3) is 0.500. The van der Waals surface area contributed by atoms with Crippen molar-refractivity contribution in [2.75, 3.05) is 26.2 Å². The number of hydrogen-bond donors (Lipinski definition) is 2. The molecule has 0 radical (unpaired) electrons. The van der Waals surface area contributed by atoms with Gasteiger partial charge in [0.05, 0.1) is 6.61 Å². The predicted octanol–water partition coefficient (Wildman–Crippen LogP) is 0.890. The molecule has 98 valence electrons. The van der Waals surface area contributed by atoms with E-state index in [4.69, 9.17) is 4.74 Å². The molecule has 0 saturated heterocycles. The van der Waals surface area contributed by atoms with Crippen molar-refractivity contribution in [1.82, 2.24) is 10.6 Å². The molecule has 1 aromatic rings. The molecule has 4 nitrogen and oxygen atoms in total. The number of amides is 1. The first-order valence-electron chi connectivity index (χ1n) is 6.45. The largest absolute Gasteiger partial charge is 0.493 e. The maximum Gasteiger partial charge on any atom is 0.216 e. The summed E-state index contributed by atoms with van der Waals surface area (Å²) in [5, 5.41) is 6.07. The molecule has 0 aromatic heterocycles. The van der Waals surface area contributed by atoms with Gasteiger partial charge in [-0.1, -0.05) is 12.1 Å². The number of rotatable bonds is 6. The lowest BCUT2D eigenvalue weighted by Gasteiger charge is -2.06. The standard InChI is InChI=1S/C14H20N2O2/c1-11(17)16-8-7-15-6-4-12-2-3-14-13(10-12)5-9-18-14/h2-3,10,15H,4-9H2,1H3,(H,16,17). The maximum atomic E-state index is 10.7. The molecule has 18 heavy (non-hydrogen) atoms.